The van der Waals surface area contributed by atoms with Crippen molar-refractivity contribution in [3.05, 3.63) is 29.8 Å². The smallest absolute Gasteiger partial charge is 0.237 e. The molecule has 0 radical (unpaired) electrons. The Bertz CT molecular complexity index is 462. The molecule has 1 heterocycles. The van der Waals surface area contributed by atoms with Crippen molar-refractivity contribution in [2.45, 2.75) is 51.7 Å². The lowest BCUT2D eigenvalue weighted by Crippen LogP contribution is -2.48. The van der Waals surface area contributed by atoms with Gasteiger partial charge in [-0.15, -0.1) is 12.4 Å². The van der Waals surface area contributed by atoms with Gasteiger partial charge in [-0.1, -0.05) is 25.5 Å². The molecule has 1 amide bonds. The van der Waals surface area contributed by atoms with Gasteiger partial charge in [0.05, 0.1) is 12.6 Å². The topological polar surface area (TPSA) is 50.4 Å². The summed E-state index contributed by atoms with van der Waals surface area (Å²) in [5, 5.41) is 6.28. The van der Waals surface area contributed by atoms with Crippen LogP contribution >= 0.6 is 12.4 Å². The van der Waals surface area contributed by atoms with E-state index in [1.54, 1.807) is 0 Å². The van der Waals surface area contributed by atoms with Gasteiger partial charge in [-0.3, -0.25) is 4.79 Å². The summed E-state index contributed by atoms with van der Waals surface area (Å²) in [6, 6.07) is 7.98. The molecular weight excluding hydrogens is 300 g/mol. The summed E-state index contributed by atoms with van der Waals surface area (Å²) in [7, 11) is 0. The van der Waals surface area contributed by atoms with Crippen LogP contribution in [0.1, 0.15) is 38.2 Å². The summed E-state index contributed by atoms with van der Waals surface area (Å²) < 4.78 is 5.95. The molecule has 2 N–H and O–H groups in total. The van der Waals surface area contributed by atoms with Crippen LogP contribution in [0.25, 0.3) is 0 Å². The Labute approximate surface area is 139 Å². The van der Waals surface area contributed by atoms with Crippen molar-refractivity contribution in [3.8, 4) is 5.75 Å². The van der Waals surface area contributed by atoms with Gasteiger partial charge in [0, 0.05) is 0 Å². The van der Waals surface area contributed by atoms with Gasteiger partial charge in [-0.05, 0) is 50.4 Å². The number of halogens is 1. The van der Waals surface area contributed by atoms with Gasteiger partial charge in [0.1, 0.15) is 11.9 Å². The number of piperidine rings is 1. The number of nitrogens with one attached hydrogen (secondary N) is 2. The molecule has 0 aliphatic carbocycles. The maximum Gasteiger partial charge on any atom is 0.237 e. The largest absolute Gasteiger partial charge is 0.489 e. The van der Waals surface area contributed by atoms with E-state index in [0.29, 0.717) is 6.54 Å². The van der Waals surface area contributed by atoms with Gasteiger partial charge in [-0.2, -0.15) is 0 Å². The number of hydrogen-bond donors (Lipinski definition) is 2. The highest BCUT2D eigenvalue weighted by Gasteiger charge is 2.21. The third-order valence-electron chi connectivity index (χ3n) is 3.88. The Hall–Kier alpha value is -1.26. The van der Waals surface area contributed by atoms with Gasteiger partial charge in [-0.25, -0.2) is 0 Å². The van der Waals surface area contributed by atoms with Gasteiger partial charge in [0.15, 0.2) is 0 Å². The molecule has 1 aliphatic rings. The molecular formula is C17H27ClN2O2. The maximum absolute atomic E-state index is 12.1. The minimum atomic E-state index is -0.0322. The summed E-state index contributed by atoms with van der Waals surface area (Å²) >= 11 is 0. The fourth-order valence-corrected chi connectivity index (χ4v) is 2.56. The Balaban J connectivity index is 0.00000242. The van der Waals surface area contributed by atoms with Crippen LogP contribution in [-0.2, 0) is 4.79 Å². The number of hydrogen-bond acceptors (Lipinski definition) is 3. The van der Waals surface area contributed by atoms with Crippen LogP contribution in [0.15, 0.2) is 24.3 Å². The lowest BCUT2D eigenvalue weighted by molar-refractivity contribution is -0.124. The second kappa shape index (κ2) is 9.70. The van der Waals surface area contributed by atoms with Crippen molar-refractivity contribution >= 4 is 18.3 Å². The predicted octanol–water partition coefficient (Wildman–Crippen LogP) is 2.83. The van der Waals surface area contributed by atoms with Crippen LogP contribution in [0.5, 0.6) is 5.75 Å². The van der Waals surface area contributed by atoms with E-state index in [9.17, 15) is 4.79 Å². The average molecular weight is 327 g/mol. The Morgan fingerprint density at radius 2 is 2.27 bits per heavy atom. The first-order chi connectivity index (χ1) is 10.2. The van der Waals surface area contributed by atoms with Crippen molar-refractivity contribution in [3.63, 3.8) is 0 Å². The maximum atomic E-state index is 12.1. The highest BCUT2D eigenvalue weighted by Crippen LogP contribution is 2.15. The summed E-state index contributed by atoms with van der Waals surface area (Å²) in [6.45, 7) is 5.62. The normalized spacial score (nSPS) is 18.9. The molecule has 0 saturated carbocycles. The van der Waals surface area contributed by atoms with Crippen LogP contribution in [0.3, 0.4) is 0 Å². The number of rotatable bonds is 6. The van der Waals surface area contributed by atoms with Crippen molar-refractivity contribution < 1.29 is 9.53 Å². The monoisotopic (exact) mass is 326 g/mol. The Morgan fingerprint density at radius 1 is 1.45 bits per heavy atom. The standard InChI is InChI=1S/C17H26N2O2.ClH/c1-3-14(21-15-8-6-7-13(2)11-15)12-19-17(20)16-9-4-5-10-18-16;/h6-8,11,14,16,18H,3-5,9-10,12H2,1-2H3,(H,19,20);1H. The van der Waals surface area contributed by atoms with Gasteiger partial charge >= 0.3 is 0 Å². The molecule has 5 heteroatoms. The van der Waals surface area contributed by atoms with E-state index in [2.05, 4.69) is 17.6 Å². The van der Waals surface area contributed by atoms with Crippen molar-refractivity contribution in [1.29, 1.82) is 0 Å². The van der Waals surface area contributed by atoms with Crippen molar-refractivity contribution in [1.82, 2.24) is 10.6 Å². The number of benzene rings is 1. The van der Waals surface area contributed by atoms with Crippen LogP contribution in [0.2, 0.25) is 0 Å². The Kier molecular flexibility index (Phi) is 8.28. The second-order valence-electron chi connectivity index (χ2n) is 5.71. The fraction of sp³-hybridized carbons (Fsp3) is 0.588. The van der Waals surface area contributed by atoms with E-state index in [0.717, 1.165) is 38.0 Å². The minimum Gasteiger partial charge on any atom is -0.489 e. The third-order valence-corrected chi connectivity index (χ3v) is 3.88. The molecule has 22 heavy (non-hydrogen) atoms. The van der Waals surface area contributed by atoms with Crippen LogP contribution < -0.4 is 15.4 Å². The lowest BCUT2D eigenvalue weighted by atomic mass is 10.0. The molecule has 1 fully saturated rings. The van der Waals surface area contributed by atoms with Crippen LogP contribution in [0, 0.1) is 6.92 Å². The molecule has 0 spiro atoms. The third kappa shape index (κ3) is 5.85. The molecule has 1 saturated heterocycles. The molecule has 4 nitrogen and oxygen atoms in total. The molecule has 1 aromatic carbocycles. The minimum absolute atomic E-state index is 0. The summed E-state index contributed by atoms with van der Waals surface area (Å²) in [5.41, 5.74) is 1.18. The Morgan fingerprint density at radius 3 is 2.91 bits per heavy atom. The zero-order chi connectivity index (χ0) is 15.1. The quantitative estimate of drug-likeness (QED) is 0.845. The van der Waals surface area contributed by atoms with E-state index in [1.807, 2.05) is 31.2 Å². The van der Waals surface area contributed by atoms with Gasteiger partial charge in [0.2, 0.25) is 5.91 Å². The molecule has 2 atom stereocenters. The molecule has 0 aromatic heterocycles. The van der Waals surface area contributed by atoms with Crippen LogP contribution in [-0.4, -0.2) is 31.1 Å². The number of carbonyl (C=O) groups is 1. The fourth-order valence-electron chi connectivity index (χ4n) is 2.56. The first kappa shape index (κ1) is 18.8. The molecule has 1 aromatic rings. The average Bonchev–Trinajstić information content (AvgIpc) is 2.52. The zero-order valence-electron chi connectivity index (χ0n) is 13.4. The molecule has 2 unspecified atom stereocenters. The van der Waals surface area contributed by atoms with E-state index in [4.69, 9.17) is 4.74 Å². The van der Waals surface area contributed by atoms with Gasteiger partial charge in [0.25, 0.3) is 0 Å². The summed E-state index contributed by atoms with van der Waals surface area (Å²) in [6.07, 6.45) is 4.10. The molecule has 124 valence electrons. The van der Waals surface area contributed by atoms with Crippen molar-refractivity contribution in [2.75, 3.05) is 13.1 Å². The lowest BCUT2D eigenvalue weighted by Gasteiger charge is -2.24. The molecule has 0 bridgehead atoms. The highest BCUT2D eigenvalue weighted by molar-refractivity contribution is 5.85. The molecule has 2 rings (SSSR count). The van der Waals surface area contributed by atoms with E-state index < -0.39 is 0 Å². The number of amides is 1. The highest BCUT2D eigenvalue weighted by atomic mass is 35.5. The molecule has 1 aliphatic heterocycles. The SMILES string of the molecule is CCC(CNC(=O)C1CCCCN1)Oc1cccc(C)c1.Cl. The first-order valence-electron chi connectivity index (χ1n) is 7.93. The number of aryl methyl sites for hydroxylation is 1. The van der Waals surface area contributed by atoms with E-state index in [1.165, 1.54) is 5.56 Å². The predicted molar refractivity (Wildman–Crippen MR) is 91.8 cm³/mol. The van der Waals surface area contributed by atoms with Crippen molar-refractivity contribution in [2.24, 2.45) is 0 Å². The zero-order valence-corrected chi connectivity index (χ0v) is 14.2. The summed E-state index contributed by atoms with van der Waals surface area (Å²) in [5.74, 6) is 0.966. The van der Waals surface area contributed by atoms with Gasteiger partial charge < -0.3 is 15.4 Å². The second-order valence-corrected chi connectivity index (χ2v) is 5.71. The van der Waals surface area contributed by atoms with E-state index >= 15 is 0 Å². The summed E-state index contributed by atoms with van der Waals surface area (Å²) in [4.78, 5) is 12.1. The number of carbonyl (C=O) groups excluding carboxylic acids is 1. The number of ether oxygens (including phenoxy) is 1. The first-order valence-corrected chi connectivity index (χ1v) is 7.93. The van der Waals surface area contributed by atoms with Crippen LogP contribution in [0.4, 0.5) is 0 Å². The van der Waals surface area contributed by atoms with E-state index in [-0.39, 0.29) is 30.5 Å².